The summed E-state index contributed by atoms with van der Waals surface area (Å²) in [7, 11) is 0. The summed E-state index contributed by atoms with van der Waals surface area (Å²) in [5.41, 5.74) is 2.56. The molecule has 0 aliphatic rings. The number of anilines is 2. The van der Waals surface area contributed by atoms with Gasteiger partial charge in [0.1, 0.15) is 11.6 Å². The second-order valence-corrected chi connectivity index (χ2v) is 5.46. The van der Waals surface area contributed by atoms with Gasteiger partial charge in [0.05, 0.1) is 5.69 Å². The molecular formula is C18H19FN2O3. The molecule has 2 rings (SSSR count). The summed E-state index contributed by atoms with van der Waals surface area (Å²) in [6.07, 6.45) is 0. The molecule has 126 valence electrons. The molecule has 0 spiro atoms. The molecule has 5 nitrogen and oxygen atoms in total. The quantitative estimate of drug-likeness (QED) is 0.883. The van der Waals surface area contributed by atoms with Gasteiger partial charge in [0.15, 0.2) is 6.61 Å². The van der Waals surface area contributed by atoms with Crippen molar-refractivity contribution in [2.45, 2.75) is 20.8 Å². The standard InChI is InChI=1S/C18H19FN2O3/c1-11-4-6-15(8-12(11)2)24-10-18(23)21-17-9-14(20-13(3)22)5-7-16(17)19/h4-9H,10H2,1-3H3,(H,20,22)(H,21,23). The lowest BCUT2D eigenvalue weighted by molar-refractivity contribution is -0.118. The molecule has 0 aliphatic carbocycles. The average Bonchev–Trinajstić information content (AvgIpc) is 2.51. The number of halogens is 1. The number of ether oxygens (including phenoxy) is 1. The Morgan fingerprint density at radius 1 is 1.04 bits per heavy atom. The van der Waals surface area contributed by atoms with Crippen LogP contribution in [0.3, 0.4) is 0 Å². The Balaban J connectivity index is 1.98. The lowest BCUT2D eigenvalue weighted by Gasteiger charge is -2.11. The first kappa shape index (κ1) is 17.5. The van der Waals surface area contributed by atoms with Gasteiger partial charge < -0.3 is 15.4 Å². The van der Waals surface area contributed by atoms with Crippen molar-refractivity contribution in [2.75, 3.05) is 17.2 Å². The van der Waals surface area contributed by atoms with Gasteiger partial charge in [-0.15, -0.1) is 0 Å². The van der Waals surface area contributed by atoms with E-state index in [2.05, 4.69) is 10.6 Å². The van der Waals surface area contributed by atoms with E-state index >= 15 is 0 Å². The molecule has 6 heteroatoms. The Morgan fingerprint density at radius 3 is 2.46 bits per heavy atom. The fraction of sp³-hybridized carbons (Fsp3) is 0.222. The highest BCUT2D eigenvalue weighted by molar-refractivity contribution is 5.94. The van der Waals surface area contributed by atoms with E-state index in [0.717, 1.165) is 11.1 Å². The molecule has 0 aliphatic heterocycles. The van der Waals surface area contributed by atoms with Crippen LogP contribution in [0.15, 0.2) is 36.4 Å². The van der Waals surface area contributed by atoms with E-state index in [0.29, 0.717) is 11.4 Å². The molecule has 0 radical (unpaired) electrons. The third-order valence-corrected chi connectivity index (χ3v) is 3.41. The third-order valence-electron chi connectivity index (χ3n) is 3.41. The Hall–Kier alpha value is -2.89. The maximum absolute atomic E-state index is 13.8. The number of aryl methyl sites for hydroxylation is 2. The Bertz CT molecular complexity index is 775. The van der Waals surface area contributed by atoms with Crippen molar-refractivity contribution in [1.29, 1.82) is 0 Å². The smallest absolute Gasteiger partial charge is 0.262 e. The summed E-state index contributed by atoms with van der Waals surface area (Å²) in [6.45, 7) is 5.03. The molecule has 0 unspecified atom stereocenters. The molecule has 0 saturated heterocycles. The van der Waals surface area contributed by atoms with Crippen LogP contribution in [0.2, 0.25) is 0 Å². The number of hydrogen-bond acceptors (Lipinski definition) is 3. The van der Waals surface area contributed by atoms with Gasteiger partial charge >= 0.3 is 0 Å². The van der Waals surface area contributed by atoms with E-state index in [4.69, 9.17) is 4.74 Å². The van der Waals surface area contributed by atoms with Crippen LogP contribution in [0, 0.1) is 19.7 Å². The zero-order valence-electron chi connectivity index (χ0n) is 13.8. The van der Waals surface area contributed by atoms with Crippen LogP contribution in [-0.2, 0) is 9.59 Å². The summed E-state index contributed by atoms with van der Waals surface area (Å²) < 4.78 is 19.2. The SMILES string of the molecule is CC(=O)Nc1ccc(F)c(NC(=O)COc2ccc(C)c(C)c2)c1. The minimum absolute atomic E-state index is 0.0186. The van der Waals surface area contributed by atoms with Crippen molar-refractivity contribution in [1.82, 2.24) is 0 Å². The maximum atomic E-state index is 13.8. The third kappa shape index (κ3) is 4.81. The van der Waals surface area contributed by atoms with Crippen molar-refractivity contribution in [2.24, 2.45) is 0 Å². The topological polar surface area (TPSA) is 67.4 Å². The number of amides is 2. The van der Waals surface area contributed by atoms with Crippen molar-refractivity contribution in [3.63, 3.8) is 0 Å². The minimum Gasteiger partial charge on any atom is -0.484 e. The van der Waals surface area contributed by atoms with E-state index in [1.165, 1.54) is 25.1 Å². The molecule has 0 saturated carbocycles. The first-order valence-corrected chi connectivity index (χ1v) is 7.42. The number of nitrogens with one attached hydrogen (secondary N) is 2. The molecule has 0 aromatic heterocycles. The Labute approximate surface area is 139 Å². The van der Waals surface area contributed by atoms with E-state index in [1.54, 1.807) is 6.07 Å². The highest BCUT2D eigenvalue weighted by atomic mass is 19.1. The van der Waals surface area contributed by atoms with E-state index in [-0.39, 0.29) is 18.2 Å². The first-order chi connectivity index (χ1) is 11.3. The van der Waals surface area contributed by atoms with Gasteiger partial charge in [0, 0.05) is 12.6 Å². The largest absolute Gasteiger partial charge is 0.484 e. The van der Waals surface area contributed by atoms with Crippen molar-refractivity contribution in [3.05, 3.63) is 53.3 Å². The summed E-state index contributed by atoms with van der Waals surface area (Å²) in [6, 6.07) is 9.45. The van der Waals surface area contributed by atoms with Crippen LogP contribution in [0.25, 0.3) is 0 Å². The molecule has 0 bridgehead atoms. The highest BCUT2D eigenvalue weighted by Crippen LogP contribution is 2.20. The Kier molecular flexibility index (Phi) is 5.52. The van der Waals surface area contributed by atoms with Gasteiger partial charge in [0.2, 0.25) is 5.91 Å². The number of carbonyl (C=O) groups excluding carboxylic acids is 2. The van der Waals surface area contributed by atoms with Crippen LogP contribution in [0.4, 0.5) is 15.8 Å². The van der Waals surface area contributed by atoms with Crippen molar-refractivity contribution in [3.8, 4) is 5.75 Å². The van der Waals surface area contributed by atoms with E-state index < -0.39 is 11.7 Å². The second kappa shape index (κ2) is 7.59. The highest BCUT2D eigenvalue weighted by Gasteiger charge is 2.10. The maximum Gasteiger partial charge on any atom is 0.262 e. The van der Waals surface area contributed by atoms with Crippen LogP contribution < -0.4 is 15.4 Å². The van der Waals surface area contributed by atoms with Crippen LogP contribution in [-0.4, -0.2) is 18.4 Å². The summed E-state index contributed by atoms with van der Waals surface area (Å²) in [5, 5.41) is 4.96. The normalized spacial score (nSPS) is 10.2. The monoisotopic (exact) mass is 330 g/mol. The van der Waals surface area contributed by atoms with Gasteiger partial charge in [-0.1, -0.05) is 6.07 Å². The molecule has 2 aromatic rings. The molecule has 24 heavy (non-hydrogen) atoms. The summed E-state index contributed by atoms with van der Waals surface area (Å²) in [4.78, 5) is 23.0. The predicted molar refractivity (Wildman–Crippen MR) is 90.7 cm³/mol. The average molecular weight is 330 g/mol. The zero-order valence-corrected chi connectivity index (χ0v) is 13.8. The number of hydrogen-bond donors (Lipinski definition) is 2. The number of benzene rings is 2. The molecule has 2 amide bonds. The summed E-state index contributed by atoms with van der Waals surface area (Å²) >= 11 is 0. The van der Waals surface area contributed by atoms with Gasteiger partial charge in [0.25, 0.3) is 5.91 Å². The lowest BCUT2D eigenvalue weighted by atomic mass is 10.1. The van der Waals surface area contributed by atoms with Crippen molar-refractivity contribution < 1.29 is 18.7 Å². The number of carbonyl (C=O) groups is 2. The molecule has 0 atom stereocenters. The van der Waals surface area contributed by atoms with Crippen LogP contribution in [0.5, 0.6) is 5.75 Å². The fourth-order valence-corrected chi connectivity index (χ4v) is 2.04. The minimum atomic E-state index is -0.594. The molecular weight excluding hydrogens is 311 g/mol. The predicted octanol–water partition coefficient (Wildman–Crippen LogP) is 3.42. The van der Waals surface area contributed by atoms with E-state index in [9.17, 15) is 14.0 Å². The van der Waals surface area contributed by atoms with Crippen LogP contribution in [0.1, 0.15) is 18.1 Å². The molecule has 2 N–H and O–H groups in total. The summed E-state index contributed by atoms with van der Waals surface area (Å²) in [5.74, 6) is -0.798. The molecule has 0 heterocycles. The molecule has 0 fully saturated rings. The number of rotatable bonds is 5. The van der Waals surface area contributed by atoms with Gasteiger partial charge in [-0.05, 0) is 55.3 Å². The zero-order chi connectivity index (χ0) is 17.7. The second-order valence-electron chi connectivity index (χ2n) is 5.46. The van der Waals surface area contributed by atoms with Gasteiger partial charge in [-0.2, -0.15) is 0 Å². The lowest BCUT2D eigenvalue weighted by Crippen LogP contribution is -2.21. The Morgan fingerprint density at radius 2 is 1.79 bits per heavy atom. The van der Waals surface area contributed by atoms with Gasteiger partial charge in [-0.25, -0.2) is 4.39 Å². The molecule has 2 aromatic carbocycles. The van der Waals surface area contributed by atoms with Crippen LogP contribution >= 0.6 is 0 Å². The fourth-order valence-electron chi connectivity index (χ4n) is 2.04. The van der Waals surface area contributed by atoms with Crippen molar-refractivity contribution >= 4 is 23.2 Å². The van der Waals surface area contributed by atoms with E-state index in [1.807, 2.05) is 26.0 Å². The van der Waals surface area contributed by atoms with Gasteiger partial charge in [-0.3, -0.25) is 9.59 Å². The first-order valence-electron chi connectivity index (χ1n) is 7.42.